The minimum atomic E-state index is -0.234. The van der Waals surface area contributed by atoms with Gasteiger partial charge in [-0.1, -0.05) is 48.5 Å². The standard InChI is InChI=1S/C26H26FNOS/c1-3-14-26(24-5-4-17-30-24)15-16-28(25(29)18-26)19(2)20-6-8-21(9-7-20)22-10-12-23(27)13-11-22/h3-13,17,19H,1,14-16,18H2,2H3/t19-,26-/m0/s1. The summed E-state index contributed by atoms with van der Waals surface area (Å²) in [7, 11) is 0. The zero-order chi connectivity index (χ0) is 21.1. The van der Waals surface area contributed by atoms with Crippen molar-refractivity contribution in [3.05, 3.63) is 95.0 Å². The van der Waals surface area contributed by atoms with E-state index in [1.807, 2.05) is 23.1 Å². The summed E-state index contributed by atoms with van der Waals surface area (Å²) in [5.74, 6) is -0.0331. The van der Waals surface area contributed by atoms with Gasteiger partial charge in [-0.2, -0.15) is 0 Å². The van der Waals surface area contributed by atoms with Crippen molar-refractivity contribution in [2.24, 2.45) is 0 Å². The van der Waals surface area contributed by atoms with Crippen LogP contribution < -0.4 is 0 Å². The number of hydrogen-bond acceptors (Lipinski definition) is 2. The predicted molar refractivity (Wildman–Crippen MR) is 122 cm³/mol. The molecule has 1 aromatic heterocycles. The maximum atomic E-state index is 13.2. The van der Waals surface area contributed by atoms with Crippen molar-refractivity contribution in [3.63, 3.8) is 0 Å². The van der Waals surface area contributed by atoms with Crippen LogP contribution in [0.5, 0.6) is 0 Å². The number of benzene rings is 2. The van der Waals surface area contributed by atoms with Crippen molar-refractivity contribution in [1.82, 2.24) is 4.90 Å². The molecule has 0 bridgehead atoms. The molecule has 0 N–H and O–H groups in total. The highest BCUT2D eigenvalue weighted by Gasteiger charge is 2.41. The summed E-state index contributed by atoms with van der Waals surface area (Å²) in [6, 6.07) is 19.0. The molecular formula is C26H26FNOS. The molecule has 1 aliphatic heterocycles. The summed E-state index contributed by atoms with van der Waals surface area (Å²) in [5, 5.41) is 2.09. The highest BCUT2D eigenvalue weighted by atomic mass is 32.1. The topological polar surface area (TPSA) is 20.3 Å². The Bertz CT molecular complexity index is 1010. The Morgan fingerprint density at radius 3 is 2.37 bits per heavy atom. The molecule has 0 radical (unpaired) electrons. The van der Waals surface area contributed by atoms with E-state index in [2.05, 4.69) is 43.1 Å². The van der Waals surface area contributed by atoms with Gasteiger partial charge in [0.1, 0.15) is 5.82 Å². The second-order valence-electron chi connectivity index (χ2n) is 8.07. The van der Waals surface area contributed by atoms with Crippen LogP contribution in [0.2, 0.25) is 0 Å². The Balaban J connectivity index is 1.50. The number of halogens is 1. The van der Waals surface area contributed by atoms with Gasteiger partial charge in [-0.05, 0) is 60.0 Å². The zero-order valence-corrected chi connectivity index (χ0v) is 18.0. The lowest BCUT2D eigenvalue weighted by molar-refractivity contribution is -0.138. The summed E-state index contributed by atoms with van der Waals surface area (Å²) in [6.45, 7) is 6.77. The van der Waals surface area contributed by atoms with Gasteiger partial charge < -0.3 is 4.90 Å². The van der Waals surface area contributed by atoms with Crippen LogP contribution >= 0.6 is 11.3 Å². The fourth-order valence-electron chi connectivity index (χ4n) is 4.47. The molecule has 30 heavy (non-hydrogen) atoms. The van der Waals surface area contributed by atoms with Crippen molar-refractivity contribution in [3.8, 4) is 11.1 Å². The molecule has 1 aliphatic rings. The van der Waals surface area contributed by atoms with E-state index in [0.29, 0.717) is 6.42 Å². The third kappa shape index (κ3) is 3.97. The summed E-state index contributed by atoms with van der Waals surface area (Å²) in [5.41, 5.74) is 3.02. The Hall–Kier alpha value is -2.72. The first-order valence-electron chi connectivity index (χ1n) is 10.3. The summed E-state index contributed by atoms with van der Waals surface area (Å²) >= 11 is 1.73. The number of allylic oxidation sites excluding steroid dienone is 1. The van der Waals surface area contributed by atoms with Gasteiger partial charge in [0.05, 0.1) is 6.04 Å². The van der Waals surface area contributed by atoms with Crippen molar-refractivity contribution < 1.29 is 9.18 Å². The van der Waals surface area contributed by atoms with Gasteiger partial charge in [0, 0.05) is 23.3 Å². The average Bonchev–Trinajstić information content (AvgIpc) is 3.30. The lowest BCUT2D eigenvalue weighted by Gasteiger charge is -2.43. The van der Waals surface area contributed by atoms with Crippen molar-refractivity contribution in [2.75, 3.05) is 6.54 Å². The lowest BCUT2D eigenvalue weighted by atomic mass is 9.73. The third-order valence-electron chi connectivity index (χ3n) is 6.26. The molecule has 3 aromatic rings. The molecule has 1 saturated heterocycles. The number of thiophene rings is 1. The van der Waals surface area contributed by atoms with Gasteiger partial charge >= 0.3 is 0 Å². The second-order valence-corrected chi connectivity index (χ2v) is 9.02. The van der Waals surface area contributed by atoms with E-state index in [1.54, 1.807) is 23.5 Å². The number of nitrogens with zero attached hydrogens (tertiary/aromatic N) is 1. The number of likely N-dealkylation sites (tertiary alicyclic amines) is 1. The van der Waals surface area contributed by atoms with E-state index < -0.39 is 0 Å². The number of amides is 1. The molecule has 2 nitrogen and oxygen atoms in total. The first kappa shape index (κ1) is 20.5. The number of hydrogen-bond donors (Lipinski definition) is 0. The highest BCUT2D eigenvalue weighted by molar-refractivity contribution is 7.10. The van der Waals surface area contributed by atoms with Crippen LogP contribution in [0.3, 0.4) is 0 Å². The zero-order valence-electron chi connectivity index (χ0n) is 17.2. The quantitative estimate of drug-likeness (QED) is 0.405. The minimum Gasteiger partial charge on any atom is -0.336 e. The van der Waals surface area contributed by atoms with Crippen LogP contribution in [0.25, 0.3) is 11.1 Å². The van der Waals surface area contributed by atoms with Gasteiger partial charge in [-0.25, -0.2) is 4.39 Å². The molecule has 154 valence electrons. The molecule has 4 rings (SSSR count). The minimum absolute atomic E-state index is 0.0184. The average molecular weight is 420 g/mol. The van der Waals surface area contributed by atoms with E-state index in [1.165, 1.54) is 17.0 Å². The lowest BCUT2D eigenvalue weighted by Crippen LogP contribution is -2.46. The molecule has 2 atom stereocenters. The largest absolute Gasteiger partial charge is 0.336 e. The maximum Gasteiger partial charge on any atom is 0.224 e. The van der Waals surface area contributed by atoms with Gasteiger partial charge in [-0.3, -0.25) is 4.79 Å². The summed E-state index contributed by atoms with van der Waals surface area (Å²) in [6.07, 6.45) is 4.24. The van der Waals surface area contributed by atoms with Crippen LogP contribution in [0.1, 0.15) is 42.7 Å². The summed E-state index contributed by atoms with van der Waals surface area (Å²) < 4.78 is 13.2. The first-order chi connectivity index (χ1) is 14.5. The third-order valence-corrected chi connectivity index (χ3v) is 7.37. The predicted octanol–water partition coefficient (Wildman–Crippen LogP) is 6.75. The van der Waals surface area contributed by atoms with E-state index in [0.717, 1.165) is 36.1 Å². The van der Waals surface area contributed by atoms with E-state index in [9.17, 15) is 9.18 Å². The number of carbonyl (C=O) groups excluding carboxylic acids is 1. The van der Waals surface area contributed by atoms with Crippen LogP contribution in [0.15, 0.2) is 78.7 Å². The van der Waals surface area contributed by atoms with Crippen LogP contribution in [-0.2, 0) is 10.2 Å². The Morgan fingerprint density at radius 1 is 1.13 bits per heavy atom. The summed E-state index contributed by atoms with van der Waals surface area (Å²) in [4.78, 5) is 16.5. The van der Waals surface area contributed by atoms with Gasteiger partial charge in [0.2, 0.25) is 5.91 Å². The molecule has 0 saturated carbocycles. The van der Waals surface area contributed by atoms with E-state index in [4.69, 9.17) is 0 Å². The number of rotatable bonds is 6. The molecule has 4 heteroatoms. The Kier molecular flexibility index (Phi) is 5.87. The van der Waals surface area contributed by atoms with E-state index >= 15 is 0 Å². The van der Waals surface area contributed by atoms with Crippen LogP contribution in [0.4, 0.5) is 4.39 Å². The molecule has 0 unspecified atom stereocenters. The molecule has 1 amide bonds. The number of carbonyl (C=O) groups is 1. The van der Waals surface area contributed by atoms with Gasteiger partial charge in [0.15, 0.2) is 0 Å². The molecular weight excluding hydrogens is 393 g/mol. The van der Waals surface area contributed by atoms with E-state index in [-0.39, 0.29) is 23.2 Å². The molecule has 2 heterocycles. The van der Waals surface area contributed by atoms with Crippen molar-refractivity contribution >= 4 is 17.2 Å². The van der Waals surface area contributed by atoms with Crippen LogP contribution in [0, 0.1) is 5.82 Å². The van der Waals surface area contributed by atoms with Gasteiger partial charge in [-0.15, -0.1) is 17.9 Å². The van der Waals surface area contributed by atoms with Crippen LogP contribution in [-0.4, -0.2) is 17.4 Å². The fraction of sp³-hybridized carbons (Fsp3) is 0.269. The Labute approximate surface area is 181 Å². The number of piperidine rings is 1. The smallest absolute Gasteiger partial charge is 0.224 e. The molecule has 0 spiro atoms. The second kappa shape index (κ2) is 8.57. The SMILES string of the molecule is C=CC[C@]1(c2cccs2)CCN([C@@H](C)c2ccc(-c3ccc(F)cc3)cc2)C(=O)C1. The molecule has 1 fully saturated rings. The maximum absolute atomic E-state index is 13.2. The van der Waals surface area contributed by atoms with Crippen molar-refractivity contribution in [2.45, 2.75) is 37.6 Å². The normalized spacial score (nSPS) is 20.2. The highest BCUT2D eigenvalue weighted by Crippen LogP contribution is 2.43. The monoisotopic (exact) mass is 419 g/mol. The Morgan fingerprint density at radius 2 is 1.80 bits per heavy atom. The fourth-order valence-corrected chi connectivity index (χ4v) is 5.43. The van der Waals surface area contributed by atoms with Crippen molar-refractivity contribution in [1.29, 1.82) is 0 Å². The first-order valence-corrected chi connectivity index (χ1v) is 11.2. The molecule has 2 aromatic carbocycles. The van der Waals surface area contributed by atoms with Gasteiger partial charge in [0.25, 0.3) is 0 Å². The molecule has 0 aliphatic carbocycles.